The van der Waals surface area contributed by atoms with Crippen LogP contribution in [0.1, 0.15) is 6.42 Å². The first kappa shape index (κ1) is 8.14. The molecule has 0 aromatic heterocycles. The fourth-order valence-electron chi connectivity index (χ4n) is 1.01. The summed E-state index contributed by atoms with van der Waals surface area (Å²) in [7, 11) is 1.97. The number of thiocarbonyl (C=S) groups is 1. The van der Waals surface area contributed by atoms with Crippen molar-refractivity contribution in [3.05, 3.63) is 0 Å². The molecule has 2 nitrogen and oxygen atoms in total. The maximum Gasteiger partial charge on any atom is 0.166 e. The van der Waals surface area contributed by atoms with Gasteiger partial charge in [0, 0.05) is 18.8 Å². The summed E-state index contributed by atoms with van der Waals surface area (Å²) in [6.07, 6.45) is 1.22. The van der Waals surface area contributed by atoms with E-state index in [-0.39, 0.29) is 0 Å². The Hall–Kier alpha value is 0.0400. The molecule has 1 heterocycles. The van der Waals surface area contributed by atoms with Crippen molar-refractivity contribution in [1.82, 2.24) is 4.90 Å². The number of hydrogen-bond acceptors (Lipinski definition) is 2. The van der Waals surface area contributed by atoms with Crippen LogP contribution < -0.4 is 5.73 Å². The molecular weight excluding hydrogens is 164 g/mol. The molecule has 2 N–H and O–H groups in total. The first-order chi connectivity index (χ1) is 4.72. The average molecular weight is 176 g/mol. The van der Waals surface area contributed by atoms with Crippen LogP contribution in [0.4, 0.5) is 0 Å². The first-order valence-electron chi connectivity index (χ1n) is 3.32. The summed E-state index contributed by atoms with van der Waals surface area (Å²) in [6.45, 7) is 0. The number of hydrogen-bond donors (Lipinski definition) is 1. The van der Waals surface area contributed by atoms with Crippen molar-refractivity contribution in [2.45, 2.75) is 12.5 Å². The monoisotopic (exact) mass is 176 g/mol. The minimum Gasteiger partial charge on any atom is -0.376 e. The average Bonchev–Trinajstić information content (AvgIpc) is 2.36. The minimum atomic E-state index is 0.521. The van der Waals surface area contributed by atoms with Crippen molar-refractivity contribution in [1.29, 1.82) is 0 Å². The molecular formula is C6H12N2S2. The lowest BCUT2D eigenvalue weighted by atomic mass is 10.2. The lowest BCUT2D eigenvalue weighted by Gasteiger charge is -2.23. The fourth-order valence-corrected chi connectivity index (χ4v) is 2.42. The molecule has 0 aromatic rings. The van der Waals surface area contributed by atoms with Gasteiger partial charge in [0.1, 0.15) is 0 Å². The van der Waals surface area contributed by atoms with Gasteiger partial charge in [0.2, 0.25) is 0 Å². The quantitative estimate of drug-likeness (QED) is 0.595. The molecule has 58 valence electrons. The van der Waals surface area contributed by atoms with Crippen molar-refractivity contribution in [3.63, 3.8) is 0 Å². The largest absolute Gasteiger partial charge is 0.376 e. The maximum absolute atomic E-state index is 5.46. The molecule has 1 saturated heterocycles. The molecule has 1 atom stereocenters. The predicted octanol–water partition coefficient (Wildman–Crippen LogP) is 0.667. The fraction of sp³-hybridized carbons (Fsp3) is 0.833. The highest BCUT2D eigenvalue weighted by Crippen LogP contribution is 2.20. The second kappa shape index (κ2) is 3.44. The molecule has 1 aliphatic rings. The summed E-state index contributed by atoms with van der Waals surface area (Å²) in [6, 6.07) is 0.586. The molecule has 4 heteroatoms. The maximum atomic E-state index is 5.46. The molecule has 0 aromatic carbocycles. The summed E-state index contributed by atoms with van der Waals surface area (Å²) in [5, 5.41) is 0.521. The lowest BCUT2D eigenvalue weighted by molar-refractivity contribution is 0.400. The third-order valence-corrected chi connectivity index (χ3v) is 3.23. The SMILES string of the molecule is CN(C(N)=S)C1CCSC1. The zero-order valence-electron chi connectivity index (χ0n) is 6.04. The van der Waals surface area contributed by atoms with E-state index in [0.717, 1.165) is 0 Å². The van der Waals surface area contributed by atoms with E-state index >= 15 is 0 Å². The molecule has 0 saturated carbocycles. The van der Waals surface area contributed by atoms with Gasteiger partial charge >= 0.3 is 0 Å². The minimum absolute atomic E-state index is 0.521. The van der Waals surface area contributed by atoms with Gasteiger partial charge in [0.05, 0.1) is 0 Å². The third kappa shape index (κ3) is 1.76. The Morgan fingerprint density at radius 2 is 2.50 bits per heavy atom. The molecule has 1 aliphatic heterocycles. The second-order valence-electron chi connectivity index (χ2n) is 2.47. The first-order valence-corrected chi connectivity index (χ1v) is 4.88. The summed E-state index contributed by atoms with van der Waals surface area (Å²) in [5.74, 6) is 2.42. The topological polar surface area (TPSA) is 29.3 Å². The standard InChI is InChI=1S/C6H12N2S2/c1-8(6(7)9)5-2-3-10-4-5/h5H,2-4H2,1H3,(H2,7,9). The zero-order chi connectivity index (χ0) is 7.56. The summed E-state index contributed by atoms with van der Waals surface area (Å²) >= 11 is 6.82. The Morgan fingerprint density at radius 1 is 1.80 bits per heavy atom. The molecule has 10 heavy (non-hydrogen) atoms. The van der Waals surface area contributed by atoms with Crippen LogP contribution in [0.25, 0.3) is 0 Å². The van der Waals surface area contributed by atoms with E-state index in [2.05, 4.69) is 0 Å². The van der Waals surface area contributed by atoms with Gasteiger partial charge in [-0.15, -0.1) is 0 Å². The molecule has 0 aliphatic carbocycles. The Balaban J connectivity index is 2.39. The van der Waals surface area contributed by atoms with Crippen molar-refractivity contribution >= 4 is 29.1 Å². The predicted molar refractivity (Wildman–Crippen MR) is 50.3 cm³/mol. The number of rotatable bonds is 1. The molecule has 1 rings (SSSR count). The van der Waals surface area contributed by atoms with Crippen LogP contribution in [-0.2, 0) is 0 Å². The third-order valence-electron chi connectivity index (χ3n) is 1.80. The van der Waals surface area contributed by atoms with Gasteiger partial charge in [-0.2, -0.15) is 11.8 Å². The summed E-state index contributed by atoms with van der Waals surface area (Å²) in [4.78, 5) is 2.00. The molecule has 1 unspecified atom stereocenters. The van der Waals surface area contributed by atoms with Crippen molar-refractivity contribution in [2.24, 2.45) is 5.73 Å². The van der Waals surface area contributed by atoms with E-state index in [1.165, 1.54) is 17.9 Å². The molecule has 1 fully saturated rings. The molecule has 0 spiro atoms. The summed E-state index contributed by atoms with van der Waals surface area (Å²) in [5.41, 5.74) is 5.46. The van der Waals surface area contributed by atoms with E-state index in [1.807, 2.05) is 23.7 Å². The van der Waals surface area contributed by atoms with Gasteiger partial charge in [0.15, 0.2) is 5.11 Å². The highest BCUT2D eigenvalue weighted by atomic mass is 32.2. The van der Waals surface area contributed by atoms with Gasteiger partial charge in [-0.3, -0.25) is 0 Å². The van der Waals surface area contributed by atoms with Gasteiger partial charge in [-0.05, 0) is 24.4 Å². The van der Waals surface area contributed by atoms with E-state index in [1.54, 1.807) is 0 Å². The lowest BCUT2D eigenvalue weighted by Crippen LogP contribution is -2.40. The van der Waals surface area contributed by atoms with Crippen molar-refractivity contribution < 1.29 is 0 Å². The van der Waals surface area contributed by atoms with Crippen LogP contribution in [0.3, 0.4) is 0 Å². The number of nitrogens with two attached hydrogens (primary N) is 1. The Bertz CT molecular complexity index is 132. The molecule has 0 radical (unpaired) electrons. The van der Waals surface area contributed by atoms with Crippen LogP contribution in [-0.4, -0.2) is 34.6 Å². The van der Waals surface area contributed by atoms with Crippen LogP contribution in [0, 0.1) is 0 Å². The molecule has 0 bridgehead atoms. The number of thioether (sulfide) groups is 1. The van der Waals surface area contributed by atoms with Gasteiger partial charge in [0.25, 0.3) is 0 Å². The van der Waals surface area contributed by atoms with Gasteiger partial charge in [-0.1, -0.05) is 0 Å². The highest BCUT2D eigenvalue weighted by molar-refractivity contribution is 7.99. The van der Waals surface area contributed by atoms with Crippen LogP contribution in [0.2, 0.25) is 0 Å². The summed E-state index contributed by atoms with van der Waals surface area (Å²) < 4.78 is 0. The number of nitrogens with zero attached hydrogens (tertiary/aromatic N) is 1. The highest BCUT2D eigenvalue weighted by Gasteiger charge is 2.20. The Morgan fingerprint density at radius 3 is 2.90 bits per heavy atom. The zero-order valence-corrected chi connectivity index (χ0v) is 7.67. The van der Waals surface area contributed by atoms with E-state index in [9.17, 15) is 0 Å². The van der Waals surface area contributed by atoms with E-state index in [0.29, 0.717) is 11.2 Å². The Labute approximate surface area is 71.1 Å². The van der Waals surface area contributed by atoms with Crippen LogP contribution in [0.15, 0.2) is 0 Å². The van der Waals surface area contributed by atoms with Crippen molar-refractivity contribution in [3.8, 4) is 0 Å². The van der Waals surface area contributed by atoms with Gasteiger partial charge in [-0.25, -0.2) is 0 Å². The molecule has 0 amide bonds. The van der Waals surface area contributed by atoms with E-state index in [4.69, 9.17) is 18.0 Å². The van der Waals surface area contributed by atoms with Crippen LogP contribution >= 0.6 is 24.0 Å². The van der Waals surface area contributed by atoms with Crippen molar-refractivity contribution in [2.75, 3.05) is 18.6 Å². The second-order valence-corrected chi connectivity index (χ2v) is 4.03. The van der Waals surface area contributed by atoms with Crippen LogP contribution in [0.5, 0.6) is 0 Å². The van der Waals surface area contributed by atoms with E-state index < -0.39 is 0 Å². The Kier molecular flexibility index (Phi) is 2.80. The smallest absolute Gasteiger partial charge is 0.166 e. The van der Waals surface area contributed by atoms with Gasteiger partial charge < -0.3 is 10.6 Å². The normalized spacial score (nSPS) is 24.7.